The van der Waals surface area contributed by atoms with E-state index in [0.717, 1.165) is 131 Å². The molecule has 0 fully saturated rings. The molecule has 0 aromatic carbocycles. The Morgan fingerprint density at radius 2 is 0.770 bits per heavy atom. The minimum absolute atomic E-state index is 0.244. The number of anilines is 3. The van der Waals surface area contributed by atoms with Gasteiger partial charge in [0.05, 0.1) is 16.7 Å². The summed E-state index contributed by atoms with van der Waals surface area (Å²) in [7, 11) is 0. The van der Waals surface area contributed by atoms with Gasteiger partial charge in [0.25, 0.3) is 41.4 Å². The molecule has 3 aliphatic carbocycles. The van der Waals surface area contributed by atoms with E-state index in [4.69, 9.17) is 27.1 Å². The van der Waals surface area contributed by atoms with E-state index in [1.807, 2.05) is 0 Å². The van der Waals surface area contributed by atoms with E-state index >= 15 is 0 Å². The number of carbonyl (C=O) groups excluding carboxylic acids is 6. The minimum atomic E-state index is -0.833. The van der Waals surface area contributed by atoms with Gasteiger partial charge in [-0.05, 0) is 109 Å². The Kier molecular flexibility index (Phi) is 14.7. The molecule has 26 heteroatoms. The average molecular weight is 943 g/mol. The molecule has 6 amide bonds. The highest BCUT2D eigenvalue weighted by Gasteiger charge is 2.29. The molecule has 20 nitrogen and oxygen atoms in total. The Balaban J connectivity index is 0.000000146. The molecule has 6 aromatic heterocycles. The highest BCUT2D eigenvalue weighted by molar-refractivity contribution is 7.17. The normalized spacial score (nSPS) is 12.8. The smallest absolute Gasteiger partial charge is 0.300 e. The Bertz CT molecular complexity index is 2320. The summed E-state index contributed by atoms with van der Waals surface area (Å²) in [4.78, 5) is 82.9. The quantitative estimate of drug-likeness (QED) is 0.106. The molecule has 0 unspecified atom stereocenters. The van der Waals surface area contributed by atoms with Gasteiger partial charge in [0.1, 0.15) is 15.0 Å². The van der Waals surface area contributed by atoms with Crippen LogP contribution in [0.3, 0.4) is 0 Å². The number of aliphatic carboxylic acids is 1. The van der Waals surface area contributed by atoms with Crippen LogP contribution in [-0.4, -0.2) is 75.3 Å². The van der Waals surface area contributed by atoms with Crippen LogP contribution in [0, 0.1) is 0 Å². The Hall–Kier alpha value is -5.93. The zero-order valence-corrected chi connectivity index (χ0v) is 36.7. The molecule has 3 aliphatic rings. The van der Waals surface area contributed by atoms with Crippen LogP contribution in [-0.2, 0) is 43.3 Å². The lowest BCUT2D eigenvalue weighted by molar-refractivity contribution is -0.134. The lowest BCUT2D eigenvalue weighted by Crippen LogP contribution is -2.18. The predicted octanol–water partition coefficient (Wildman–Crippen LogP) is 4.41. The van der Waals surface area contributed by atoms with Crippen molar-refractivity contribution in [1.29, 1.82) is 0 Å². The molecule has 10 N–H and O–H groups in total. The molecule has 0 saturated heterocycles. The van der Waals surface area contributed by atoms with E-state index in [9.17, 15) is 28.8 Å². The van der Waals surface area contributed by atoms with E-state index in [1.54, 1.807) is 16.1 Å². The molecule has 0 aliphatic heterocycles. The Morgan fingerprint density at radius 3 is 0.984 bits per heavy atom. The van der Waals surface area contributed by atoms with Gasteiger partial charge in [-0.25, -0.2) is 0 Å². The van der Waals surface area contributed by atoms with E-state index in [0.29, 0.717) is 31.7 Å². The number of nitrogens with zero attached hydrogens (tertiary/aromatic N) is 6. The molecule has 0 atom stereocenters. The number of carboxylic acids is 1. The topological polar surface area (TPSA) is 331 Å². The van der Waals surface area contributed by atoms with E-state index in [-0.39, 0.29) is 34.8 Å². The fraction of sp³-hybridized carbons (Fsp3) is 0.286. The number of hydrogen-bond acceptors (Lipinski definition) is 19. The third kappa shape index (κ3) is 10.7. The average Bonchev–Trinajstić information content (AvgIpc) is 4.04. The van der Waals surface area contributed by atoms with Crippen LogP contribution < -0.4 is 33.2 Å². The number of fused-ring (bicyclic) bond motifs is 3. The molecule has 0 radical (unpaired) electrons. The molecule has 61 heavy (non-hydrogen) atoms. The molecule has 0 bridgehead atoms. The molecular weight excluding hydrogens is 909 g/mol. The SMILES string of the molecule is CC(=O)O.NC(=O)c1c(NC(=O)c2csnn2)sc2c1CCC2.NC(=O)c1c(NC(=O)c2csnn2)sc2c1CCC2.NC(=O)c1c(NC(=O)c2csnn2)sc2c1CCC2. The van der Waals surface area contributed by atoms with Crippen molar-refractivity contribution in [3.05, 3.63) is 81.2 Å². The molecule has 318 valence electrons. The monoisotopic (exact) mass is 942 g/mol. The van der Waals surface area contributed by atoms with Gasteiger partial charge >= 0.3 is 0 Å². The van der Waals surface area contributed by atoms with Crippen LogP contribution in [0.1, 0.15) is 120 Å². The van der Waals surface area contributed by atoms with E-state index in [2.05, 4.69) is 44.7 Å². The van der Waals surface area contributed by atoms with Crippen LogP contribution in [0.5, 0.6) is 0 Å². The first-order valence-corrected chi connectivity index (χ1v) is 23.0. The van der Waals surface area contributed by atoms with Gasteiger partial charge in [0.15, 0.2) is 17.1 Å². The molecule has 0 saturated carbocycles. The number of aryl methyl sites for hydroxylation is 3. The number of nitrogens with two attached hydrogens (primary N) is 3. The number of hydrogen-bond donors (Lipinski definition) is 7. The Labute approximate surface area is 369 Å². The summed E-state index contributed by atoms with van der Waals surface area (Å²) in [6.45, 7) is 1.08. The maximum atomic E-state index is 11.9. The highest BCUT2D eigenvalue weighted by atomic mass is 32.1. The zero-order chi connectivity index (χ0) is 43.8. The fourth-order valence-electron chi connectivity index (χ4n) is 6.55. The zero-order valence-electron chi connectivity index (χ0n) is 31.8. The van der Waals surface area contributed by atoms with Gasteiger partial charge in [0, 0.05) is 37.7 Å². The van der Waals surface area contributed by atoms with Crippen LogP contribution in [0.15, 0.2) is 16.1 Å². The van der Waals surface area contributed by atoms with Gasteiger partial charge in [0.2, 0.25) is 0 Å². The third-order valence-corrected chi connectivity index (χ3v) is 14.1. The number of amides is 6. The first-order chi connectivity index (χ1) is 29.2. The Morgan fingerprint density at radius 1 is 0.508 bits per heavy atom. The van der Waals surface area contributed by atoms with Gasteiger partial charge in [-0.3, -0.25) is 33.6 Å². The second-order valence-electron chi connectivity index (χ2n) is 13.0. The number of primary amides is 3. The summed E-state index contributed by atoms with van der Waals surface area (Å²) in [5, 5.41) is 32.9. The number of thiophene rings is 3. The fourth-order valence-corrected chi connectivity index (χ4v) is 11.7. The first kappa shape index (κ1) is 44.6. The second-order valence-corrected chi connectivity index (χ2v) is 18.2. The summed E-state index contributed by atoms with van der Waals surface area (Å²) in [6, 6.07) is 0. The van der Waals surface area contributed by atoms with Gasteiger partial charge in [-0.2, -0.15) is 0 Å². The molecule has 9 rings (SSSR count). The lowest BCUT2D eigenvalue weighted by atomic mass is 10.1. The van der Waals surface area contributed by atoms with Crippen LogP contribution in [0.2, 0.25) is 0 Å². The number of aromatic nitrogens is 6. The van der Waals surface area contributed by atoms with Crippen molar-refractivity contribution in [3.63, 3.8) is 0 Å². The van der Waals surface area contributed by atoms with E-state index < -0.39 is 23.7 Å². The standard InChI is InChI=1S/3C11H10N4O2S2.C2H4O2/c3*12-9(16)8-5-2-1-3-7(5)19-11(8)13-10(17)6-4-18-15-14-6;1-2(3)4/h3*4H,1-3H2,(H2,12,16)(H,13,17);1H3,(H,3,4). The van der Waals surface area contributed by atoms with Crippen LogP contribution >= 0.6 is 68.6 Å². The third-order valence-electron chi connectivity index (χ3n) is 8.96. The number of nitrogens with one attached hydrogen (secondary N) is 3. The van der Waals surface area contributed by atoms with Crippen molar-refractivity contribution in [1.82, 2.24) is 28.8 Å². The summed E-state index contributed by atoms with van der Waals surface area (Å²) in [5.41, 5.74) is 21.3. The minimum Gasteiger partial charge on any atom is -0.481 e. The van der Waals surface area contributed by atoms with Gasteiger partial charge in [-0.15, -0.1) is 49.3 Å². The maximum absolute atomic E-state index is 11.9. The highest BCUT2D eigenvalue weighted by Crippen LogP contribution is 2.41. The van der Waals surface area contributed by atoms with Crippen LogP contribution in [0.25, 0.3) is 0 Å². The van der Waals surface area contributed by atoms with Crippen molar-refractivity contribution in [2.24, 2.45) is 17.2 Å². The van der Waals surface area contributed by atoms with Crippen molar-refractivity contribution >= 4 is 125 Å². The summed E-state index contributed by atoms with van der Waals surface area (Å²) in [5.74, 6) is -3.41. The summed E-state index contributed by atoms with van der Waals surface area (Å²) in [6.07, 6.45) is 8.45. The summed E-state index contributed by atoms with van der Waals surface area (Å²) >= 11 is 7.58. The van der Waals surface area contributed by atoms with Crippen molar-refractivity contribution < 1.29 is 38.7 Å². The number of carboxylic acid groups (broad SMARTS) is 1. The summed E-state index contributed by atoms with van der Waals surface area (Å²) < 4.78 is 10.9. The van der Waals surface area contributed by atoms with Gasteiger partial charge < -0.3 is 38.3 Å². The first-order valence-electron chi connectivity index (χ1n) is 18.0. The van der Waals surface area contributed by atoms with Crippen molar-refractivity contribution in [2.75, 3.05) is 16.0 Å². The molecule has 6 heterocycles. The number of rotatable bonds is 9. The van der Waals surface area contributed by atoms with Gasteiger partial charge in [-0.1, -0.05) is 13.5 Å². The van der Waals surface area contributed by atoms with E-state index in [1.165, 1.54) is 34.0 Å². The lowest BCUT2D eigenvalue weighted by Gasteiger charge is -2.03. The maximum Gasteiger partial charge on any atom is 0.300 e. The number of carbonyl (C=O) groups is 7. The molecule has 6 aromatic rings. The van der Waals surface area contributed by atoms with Crippen molar-refractivity contribution in [2.45, 2.75) is 64.7 Å². The van der Waals surface area contributed by atoms with Crippen LogP contribution in [0.4, 0.5) is 15.0 Å². The molecule has 0 spiro atoms. The largest absolute Gasteiger partial charge is 0.481 e. The molecular formula is C35H34N12O8S6. The predicted molar refractivity (Wildman–Crippen MR) is 231 cm³/mol. The second kappa shape index (κ2) is 20.1. The van der Waals surface area contributed by atoms with Crippen molar-refractivity contribution in [3.8, 4) is 0 Å².